The molecule has 0 spiro atoms. The molecule has 0 amide bonds. The second-order valence-corrected chi connectivity index (χ2v) is 3.13. The largest absolute Gasteiger partial charge is 0.380 e. The molecule has 0 bridgehead atoms. The predicted molar refractivity (Wildman–Crippen MR) is 51.2 cm³/mol. The normalized spacial score (nSPS) is 14.9. The van der Waals surface area contributed by atoms with Gasteiger partial charge in [-0.05, 0) is 6.07 Å². The van der Waals surface area contributed by atoms with Gasteiger partial charge in [-0.1, -0.05) is 24.8 Å². The minimum atomic E-state index is -1.73. The Kier molecular flexibility index (Phi) is 3.24. The summed E-state index contributed by atoms with van der Waals surface area (Å²) < 4.78 is 26.0. The summed E-state index contributed by atoms with van der Waals surface area (Å²) in [4.78, 5) is 0. The Morgan fingerprint density at radius 2 is 2.14 bits per heavy atom. The minimum absolute atomic E-state index is 0.206. The second-order valence-electron chi connectivity index (χ2n) is 2.86. The van der Waals surface area contributed by atoms with E-state index in [1.54, 1.807) is 0 Å². The van der Waals surface area contributed by atoms with Crippen molar-refractivity contribution in [2.45, 2.75) is 5.60 Å². The summed E-state index contributed by atoms with van der Waals surface area (Å²) in [5.74, 6) is -2.40. The first-order valence-electron chi connectivity index (χ1n) is 3.91. The van der Waals surface area contributed by atoms with Crippen LogP contribution in [0, 0.1) is 11.6 Å². The monoisotopic (exact) mass is 218 g/mol. The number of rotatable bonds is 3. The Morgan fingerprint density at radius 3 is 2.64 bits per heavy atom. The fourth-order valence-electron chi connectivity index (χ4n) is 1.07. The molecule has 1 nitrogen and oxygen atoms in total. The minimum Gasteiger partial charge on any atom is -0.380 e. The van der Waals surface area contributed by atoms with E-state index in [4.69, 9.17) is 11.6 Å². The van der Waals surface area contributed by atoms with Gasteiger partial charge in [0.1, 0.15) is 5.60 Å². The molecule has 76 valence electrons. The lowest BCUT2D eigenvalue weighted by molar-refractivity contribution is 0.110. The van der Waals surface area contributed by atoms with Crippen molar-refractivity contribution in [2.75, 3.05) is 5.88 Å². The van der Waals surface area contributed by atoms with Crippen LogP contribution in [0.4, 0.5) is 8.78 Å². The quantitative estimate of drug-likeness (QED) is 0.611. The molecule has 1 aromatic rings. The van der Waals surface area contributed by atoms with Gasteiger partial charge in [0.2, 0.25) is 0 Å². The van der Waals surface area contributed by atoms with Crippen LogP contribution >= 0.6 is 11.6 Å². The first-order valence-corrected chi connectivity index (χ1v) is 4.45. The molecule has 0 saturated heterocycles. The third-order valence-corrected chi connectivity index (χ3v) is 2.37. The van der Waals surface area contributed by atoms with Gasteiger partial charge in [0.15, 0.2) is 11.6 Å². The first kappa shape index (κ1) is 11.1. The van der Waals surface area contributed by atoms with Crippen LogP contribution in [0.5, 0.6) is 0 Å². The molecule has 1 atom stereocenters. The number of alkyl halides is 1. The Labute approximate surface area is 85.6 Å². The van der Waals surface area contributed by atoms with E-state index in [9.17, 15) is 13.9 Å². The first-order chi connectivity index (χ1) is 6.55. The highest BCUT2D eigenvalue weighted by Gasteiger charge is 2.28. The number of aliphatic hydroxyl groups is 1. The number of hydrogen-bond acceptors (Lipinski definition) is 1. The van der Waals surface area contributed by atoms with Crippen LogP contribution in [0.15, 0.2) is 30.9 Å². The standard InChI is InChI=1S/C10H9ClF2O/c1-2-10(14,6-11)7-4-3-5-8(12)9(7)13/h2-5,14H,1,6H2/t10-/m0/s1. The summed E-state index contributed by atoms with van der Waals surface area (Å²) >= 11 is 5.46. The lowest BCUT2D eigenvalue weighted by Gasteiger charge is -2.22. The zero-order chi connectivity index (χ0) is 10.8. The summed E-state index contributed by atoms with van der Waals surface area (Å²) in [6.07, 6.45) is 1.08. The summed E-state index contributed by atoms with van der Waals surface area (Å²) in [5.41, 5.74) is -1.93. The van der Waals surface area contributed by atoms with Crippen molar-refractivity contribution in [3.05, 3.63) is 48.1 Å². The van der Waals surface area contributed by atoms with Gasteiger partial charge in [-0.3, -0.25) is 0 Å². The topological polar surface area (TPSA) is 20.2 Å². The van der Waals surface area contributed by atoms with E-state index in [0.717, 1.165) is 12.1 Å². The third-order valence-electron chi connectivity index (χ3n) is 1.96. The maximum atomic E-state index is 13.2. The van der Waals surface area contributed by atoms with Crippen molar-refractivity contribution in [1.29, 1.82) is 0 Å². The van der Waals surface area contributed by atoms with Crippen molar-refractivity contribution in [2.24, 2.45) is 0 Å². The number of benzene rings is 1. The van der Waals surface area contributed by atoms with Gasteiger partial charge in [-0.15, -0.1) is 11.6 Å². The molecule has 1 aromatic carbocycles. The van der Waals surface area contributed by atoms with Crippen LogP contribution < -0.4 is 0 Å². The van der Waals surface area contributed by atoms with Crippen LogP contribution in [0.25, 0.3) is 0 Å². The molecule has 0 saturated carbocycles. The molecule has 0 aliphatic carbocycles. The predicted octanol–water partition coefficient (Wildman–Crippen LogP) is 2.58. The van der Waals surface area contributed by atoms with E-state index in [0.29, 0.717) is 0 Å². The highest BCUT2D eigenvalue weighted by Crippen LogP contribution is 2.27. The van der Waals surface area contributed by atoms with Crippen molar-refractivity contribution < 1.29 is 13.9 Å². The molecule has 1 rings (SSSR count). The van der Waals surface area contributed by atoms with Crippen molar-refractivity contribution >= 4 is 11.6 Å². The SMILES string of the molecule is C=C[C@](O)(CCl)c1cccc(F)c1F. The lowest BCUT2D eigenvalue weighted by atomic mass is 9.95. The van der Waals surface area contributed by atoms with Gasteiger partial charge in [0.05, 0.1) is 5.88 Å². The fourth-order valence-corrected chi connectivity index (χ4v) is 1.33. The fraction of sp³-hybridized carbons (Fsp3) is 0.200. The van der Waals surface area contributed by atoms with Crippen LogP contribution in [-0.2, 0) is 5.60 Å². The average molecular weight is 219 g/mol. The molecule has 0 aliphatic rings. The molecule has 14 heavy (non-hydrogen) atoms. The summed E-state index contributed by atoms with van der Waals surface area (Å²) in [6.45, 7) is 3.33. The molecule has 1 N–H and O–H groups in total. The maximum absolute atomic E-state index is 13.2. The summed E-state index contributed by atoms with van der Waals surface area (Å²) in [5, 5.41) is 9.75. The third kappa shape index (κ3) is 1.79. The molecule has 4 heteroatoms. The van der Waals surface area contributed by atoms with Gasteiger partial charge in [-0.25, -0.2) is 8.78 Å². The van der Waals surface area contributed by atoms with E-state index in [1.165, 1.54) is 12.1 Å². The van der Waals surface area contributed by atoms with Gasteiger partial charge >= 0.3 is 0 Å². The lowest BCUT2D eigenvalue weighted by Crippen LogP contribution is -2.26. The van der Waals surface area contributed by atoms with E-state index in [-0.39, 0.29) is 11.4 Å². The van der Waals surface area contributed by atoms with Crippen molar-refractivity contribution in [3.63, 3.8) is 0 Å². The van der Waals surface area contributed by atoms with Crippen LogP contribution in [-0.4, -0.2) is 11.0 Å². The van der Waals surface area contributed by atoms with Crippen molar-refractivity contribution in [3.8, 4) is 0 Å². The second kappa shape index (κ2) is 4.07. The van der Waals surface area contributed by atoms with E-state index >= 15 is 0 Å². The zero-order valence-corrected chi connectivity index (χ0v) is 8.06. The Balaban J connectivity index is 3.31. The van der Waals surface area contributed by atoms with Gasteiger partial charge in [0.25, 0.3) is 0 Å². The van der Waals surface area contributed by atoms with E-state index < -0.39 is 17.2 Å². The molecule has 0 aromatic heterocycles. The molecular formula is C10H9ClF2O. The molecule has 0 unspecified atom stereocenters. The van der Waals surface area contributed by atoms with Crippen LogP contribution in [0.2, 0.25) is 0 Å². The summed E-state index contributed by atoms with van der Waals surface area (Å²) in [6, 6.07) is 3.54. The van der Waals surface area contributed by atoms with E-state index in [1.807, 2.05) is 0 Å². The summed E-state index contributed by atoms with van der Waals surface area (Å²) in [7, 11) is 0. The Bertz CT molecular complexity index is 354. The van der Waals surface area contributed by atoms with Gasteiger partial charge in [-0.2, -0.15) is 0 Å². The van der Waals surface area contributed by atoms with Crippen molar-refractivity contribution in [1.82, 2.24) is 0 Å². The average Bonchev–Trinajstić information content (AvgIpc) is 2.21. The zero-order valence-electron chi connectivity index (χ0n) is 7.30. The van der Waals surface area contributed by atoms with Gasteiger partial charge < -0.3 is 5.11 Å². The molecule has 0 fully saturated rings. The van der Waals surface area contributed by atoms with Crippen LogP contribution in [0.3, 0.4) is 0 Å². The maximum Gasteiger partial charge on any atom is 0.165 e. The molecule has 0 heterocycles. The molecular weight excluding hydrogens is 210 g/mol. The highest BCUT2D eigenvalue weighted by atomic mass is 35.5. The highest BCUT2D eigenvalue weighted by molar-refractivity contribution is 6.18. The van der Waals surface area contributed by atoms with E-state index in [2.05, 4.69) is 6.58 Å². The number of halogens is 3. The van der Waals surface area contributed by atoms with Gasteiger partial charge in [0, 0.05) is 5.56 Å². The van der Waals surface area contributed by atoms with Crippen LogP contribution in [0.1, 0.15) is 5.56 Å². The number of hydrogen-bond donors (Lipinski definition) is 1. The molecule has 0 aliphatic heterocycles. The molecule has 0 radical (unpaired) electrons. The smallest absolute Gasteiger partial charge is 0.165 e. The Hall–Kier alpha value is -0.930. The Morgan fingerprint density at radius 1 is 1.50 bits per heavy atom.